The maximum absolute atomic E-state index is 5.78. The molecule has 0 aliphatic carbocycles. The summed E-state index contributed by atoms with van der Waals surface area (Å²) in [6.45, 7) is 10.3. The second-order valence-electron chi connectivity index (χ2n) is 4.44. The smallest absolute Gasteiger partial charge is 0.175 e. The maximum Gasteiger partial charge on any atom is 0.175 e. The van der Waals surface area contributed by atoms with E-state index in [1.807, 2.05) is 13.0 Å². The van der Waals surface area contributed by atoms with E-state index >= 15 is 0 Å². The van der Waals surface area contributed by atoms with Crippen LogP contribution in [0.15, 0.2) is 28.8 Å². The van der Waals surface area contributed by atoms with Crippen LogP contribution < -0.4 is 14.8 Å². The Morgan fingerprint density at radius 3 is 2.74 bits per heavy atom. The fraction of sp³-hybridized carbons (Fsp3) is 0.467. The second kappa shape index (κ2) is 8.23. The molecule has 0 radical (unpaired) electrons. The molecule has 0 spiro atoms. The highest BCUT2D eigenvalue weighted by molar-refractivity contribution is 9.10. The molecular formula is C15H22BrNO2. The minimum atomic E-state index is 0.608. The number of rotatable bonds is 8. The van der Waals surface area contributed by atoms with E-state index < -0.39 is 0 Å². The van der Waals surface area contributed by atoms with Gasteiger partial charge in [-0.2, -0.15) is 0 Å². The molecule has 3 nitrogen and oxygen atoms in total. The average molecular weight is 328 g/mol. The molecule has 1 aromatic carbocycles. The van der Waals surface area contributed by atoms with E-state index in [-0.39, 0.29) is 0 Å². The van der Waals surface area contributed by atoms with Crippen LogP contribution in [0.3, 0.4) is 0 Å². The fourth-order valence-corrected chi connectivity index (χ4v) is 2.22. The zero-order valence-corrected chi connectivity index (χ0v) is 13.5. The lowest BCUT2D eigenvalue weighted by Crippen LogP contribution is -2.12. The van der Waals surface area contributed by atoms with Crippen molar-refractivity contribution in [2.75, 3.05) is 20.3 Å². The first-order valence-corrected chi connectivity index (χ1v) is 7.22. The molecule has 4 heteroatoms. The van der Waals surface area contributed by atoms with Crippen LogP contribution in [0.25, 0.3) is 0 Å². The number of halogens is 1. The zero-order valence-electron chi connectivity index (χ0n) is 11.9. The van der Waals surface area contributed by atoms with Crippen LogP contribution in [-0.2, 0) is 6.54 Å². The third-order valence-electron chi connectivity index (χ3n) is 2.64. The number of nitrogens with one attached hydrogen (secondary N) is 1. The van der Waals surface area contributed by atoms with Crippen molar-refractivity contribution in [2.24, 2.45) is 0 Å². The van der Waals surface area contributed by atoms with E-state index in [2.05, 4.69) is 40.8 Å². The predicted octanol–water partition coefficient (Wildman–Crippen LogP) is 3.91. The van der Waals surface area contributed by atoms with Gasteiger partial charge in [0.1, 0.15) is 0 Å². The Morgan fingerprint density at radius 2 is 2.16 bits per heavy atom. The summed E-state index contributed by atoms with van der Waals surface area (Å²) in [6, 6.07) is 4.06. The summed E-state index contributed by atoms with van der Waals surface area (Å²) in [5.41, 5.74) is 2.27. The van der Waals surface area contributed by atoms with Gasteiger partial charge in [-0.05, 0) is 47.1 Å². The highest BCUT2D eigenvalue weighted by Gasteiger charge is 2.11. The van der Waals surface area contributed by atoms with Crippen molar-refractivity contribution in [1.82, 2.24) is 5.32 Å². The zero-order chi connectivity index (χ0) is 14.3. The van der Waals surface area contributed by atoms with Crippen LogP contribution in [0.2, 0.25) is 0 Å². The summed E-state index contributed by atoms with van der Waals surface area (Å²) < 4.78 is 12.1. The van der Waals surface area contributed by atoms with Crippen LogP contribution >= 0.6 is 15.9 Å². The molecule has 0 fully saturated rings. The SMILES string of the molecule is C=C(C)CCOc1c(Br)cc(CNCC)cc1OC. The van der Waals surface area contributed by atoms with Gasteiger partial charge in [0, 0.05) is 13.0 Å². The van der Waals surface area contributed by atoms with E-state index in [1.54, 1.807) is 7.11 Å². The van der Waals surface area contributed by atoms with Crippen molar-refractivity contribution in [2.45, 2.75) is 26.8 Å². The third kappa shape index (κ3) is 5.25. The van der Waals surface area contributed by atoms with Gasteiger partial charge in [-0.15, -0.1) is 6.58 Å². The molecule has 0 bridgehead atoms. The molecule has 0 unspecified atom stereocenters. The molecule has 1 N–H and O–H groups in total. The van der Waals surface area contributed by atoms with Crippen molar-refractivity contribution < 1.29 is 9.47 Å². The quantitative estimate of drug-likeness (QED) is 0.734. The Balaban J connectivity index is 2.82. The normalized spacial score (nSPS) is 10.3. The van der Waals surface area contributed by atoms with Gasteiger partial charge in [0.15, 0.2) is 11.5 Å². The van der Waals surface area contributed by atoms with Crippen LogP contribution in [-0.4, -0.2) is 20.3 Å². The van der Waals surface area contributed by atoms with E-state index in [1.165, 1.54) is 0 Å². The van der Waals surface area contributed by atoms with Gasteiger partial charge in [-0.25, -0.2) is 0 Å². The Morgan fingerprint density at radius 1 is 1.42 bits per heavy atom. The molecule has 1 rings (SSSR count). The summed E-state index contributed by atoms with van der Waals surface area (Å²) in [5.74, 6) is 1.51. The molecule has 1 aromatic rings. The van der Waals surface area contributed by atoms with Gasteiger partial charge in [0.25, 0.3) is 0 Å². The first kappa shape index (κ1) is 16.1. The van der Waals surface area contributed by atoms with Crippen molar-refractivity contribution in [3.63, 3.8) is 0 Å². The minimum absolute atomic E-state index is 0.608. The predicted molar refractivity (Wildman–Crippen MR) is 83.0 cm³/mol. The number of hydrogen-bond acceptors (Lipinski definition) is 3. The van der Waals surface area contributed by atoms with Crippen LogP contribution in [0.4, 0.5) is 0 Å². The molecule has 0 saturated heterocycles. The van der Waals surface area contributed by atoms with E-state index in [0.717, 1.165) is 46.6 Å². The summed E-state index contributed by atoms with van der Waals surface area (Å²) in [6.07, 6.45) is 0.842. The first-order valence-electron chi connectivity index (χ1n) is 6.42. The fourth-order valence-electron chi connectivity index (χ4n) is 1.61. The molecule has 19 heavy (non-hydrogen) atoms. The molecule has 0 amide bonds. The van der Waals surface area contributed by atoms with Crippen molar-refractivity contribution in [3.8, 4) is 11.5 Å². The summed E-state index contributed by atoms with van der Waals surface area (Å²) in [7, 11) is 1.66. The number of hydrogen-bond donors (Lipinski definition) is 1. The number of ether oxygens (including phenoxy) is 2. The first-order chi connectivity index (χ1) is 9.08. The number of methoxy groups -OCH3 is 1. The molecule has 0 atom stereocenters. The van der Waals surface area contributed by atoms with Gasteiger partial charge in [-0.3, -0.25) is 0 Å². The van der Waals surface area contributed by atoms with Gasteiger partial charge < -0.3 is 14.8 Å². The van der Waals surface area contributed by atoms with E-state index in [0.29, 0.717) is 6.61 Å². The highest BCUT2D eigenvalue weighted by atomic mass is 79.9. The largest absolute Gasteiger partial charge is 0.493 e. The Bertz CT molecular complexity index is 432. The highest BCUT2D eigenvalue weighted by Crippen LogP contribution is 2.36. The van der Waals surface area contributed by atoms with Crippen molar-refractivity contribution >= 4 is 15.9 Å². The third-order valence-corrected chi connectivity index (χ3v) is 3.23. The monoisotopic (exact) mass is 327 g/mol. The van der Waals surface area contributed by atoms with Crippen LogP contribution in [0, 0.1) is 0 Å². The van der Waals surface area contributed by atoms with Crippen LogP contribution in [0.5, 0.6) is 11.5 Å². The van der Waals surface area contributed by atoms with Gasteiger partial charge in [0.05, 0.1) is 18.2 Å². The lowest BCUT2D eigenvalue weighted by molar-refractivity contribution is 0.295. The molecular weight excluding hydrogens is 306 g/mol. The standard InChI is InChI=1S/C15H22BrNO2/c1-5-17-10-12-8-13(16)15(14(9-12)18-4)19-7-6-11(2)3/h8-9,17H,2,5-7,10H2,1,3-4H3. The Hall–Kier alpha value is -1.00. The molecule has 106 valence electrons. The van der Waals surface area contributed by atoms with Gasteiger partial charge in [-0.1, -0.05) is 12.5 Å². The molecule has 0 heterocycles. The average Bonchev–Trinajstić information content (AvgIpc) is 2.37. The lowest BCUT2D eigenvalue weighted by Gasteiger charge is -2.14. The van der Waals surface area contributed by atoms with Gasteiger partial charge in [0.2, 0.25) is 0 Å². The topological polar surface area (TPSA) is 30.5 Å². The molecule has 0 aromatic heterocycles. The Kier molecular flexibility index (Phi) is 6.95. The minimum Gasteiger partial charge on any atom is -0.493 e. The van der Waals surface area contributed by atoms with Crippen LogP contribution in [0.1, 0.15) is 25.8 Å². The molecule has 0 aliphatic heterocycles. The lowest BCUT2D eigenvalue weighted by atomic mass is 10.2. The summed E-state index contributed by atoms with van der Waals surface area (Å²) in [5, 5.41) is 3.29. The second-order valence-corrected chi connectivity index (χ2v) is 5.30. The van der Waals surface area contributed by atoms with Gasteiger partial charge >= 0.3 is 0 Å². The van der Waals surface area contributed by atoms with E-state index in [4.69, 9.17) is 9.47 Å². The van der Waals surface area contributed by atoms with Crippen molar-refractivity contribution in [3.05, 3.63) is 34.3 Å². The summed E-state index contributed by atoms with van der Waals surface area (Å²) >= 11 is 3.54. The molecule has 0 saturated carbocycles. The number of benzene rings is 1. The Labute approximate surface area is 124 Å². The summed E-state index contributed by atoms with van der Waals surface area (Å²) in [4.78, 5) is 0. The van der Waals surface area contributed by atoms with E-state index in [9.17, 15) is 0 Å². The molecule has 0 aliphatic rings. The maximum atomic E-state index is 5.78. The van der Waals surface area contributed by atoms with Crippen molar-refractivity contribution in [1.29, 1.82) is 0 Å².